The van der Waals surface area contributed by atoms with Crippen molar-refractivity contribution in [3.05, 3.63) is 58.6 Å². The molecule has 7 heteroatoms. The van der Waals surface area contributed by atoms with E-state index in [1.807, 2.05) is 25.1 Å². The van der Waals surface area contributed by atoms with E-state index in [9.17, 15) is 13.6 Å². The van der Waals surface area contributed by atoms with Gasteiger partial charge in [0.15, 0.2) is 0 Å². The molecule has 0 bridgehead atoms. The highest BCUT2D eigenvalue weighted by molar-refractivity contribution is 7.18. The summed E-state index contributed by atoms with van der Waals surface area (Å²) >= 11 is 1.65. The Kier molecular flexibility index (Phi) is 4.82. The van der Waals surface area contributed by atoms with E-state index < -0.39 is 11.6 Å². The van der Waals surface area contributed by atoms with Crippen LogP contribution in [0.2, 0.25) is 0 Å². The van der Waals surface area contributed by atoms with Gasteiger partial charge in [-0.05, 0) is 80.6 Å². The zero-order chi connectivity index (χ0) is 20.9. The van der Waals surface area contributed by atoms with Gasteiger partial charge in [-0.25, -0.2) is 13.8 Å². The molecule has 1 spiro atoms. The number of carbonyl (C=O) groups is 1. The standard InChI is InChI=1S/C23H23F2N3OS/c1-14-26-20-11-18(2-3-21(20)30-14)27-22(29)19-12-23(19)4-6-28(7-5-23)13-15-8-16(24)10-17(25)9-15/h2-3,8-11,19H,4-7,12-13H2,1H3,(H,27,29)/t19-/m1/s1. The zero-order valence-electron chi connectivity index (χ0n) is 16.8. The highest BCUT2D eigenvalue weighted by Gasteiger charge is 2.58. The Morgan fingerprint density at radius 2 is 1.93 bits per heavy atom. The molecule has 1 saturated carbocycles. The van der Waals surface area contributed by atoms with Crippen LogP contribution in [0, 0.1) is 29.9 Å². The molecule has 1 N–H and O–H groups in total. The van der Waals surface area contributed by atoms with E-state index >= 15 is 0 Å². The number of likely N-dealkylation sites (tertiary alicyclic amines) is 1. The first-order chi connectivity index (χ1) is 14.4. The van der Waals surface area contributed by atoms with Crippen LogP contribution in [0.4, 0.5) is 14.5 Å². The molecule has 4 nitrogen and oxygen atoms in total. The number of nitrogens with zero attached hydrogens (tertiary/aromatic N) is 2. The summed E-state index contributed by atoms with van der Waals surface area (Å²) in [5.41, 5.74) is 2.45. The van der Waals surface area contributed by atoms with Gasteiger partial charge in [-0.2, -0.15) is 0 Å². The SMILES string of the molecule is Cc1nc2cc(NC(=O)[C@H]3CC34CCN(Cc3cc(F)cc(F)c3)CC4)ccc2s1. The van der Waals surface area contributed by atoms with Gasteiger partial charge in [-0.3, -0.25) is 9.69 Å². The second kappa shape index (κ2) is 7.39. The van der Waals surface area contributed by atoms with Crippen molar-refractivity contribution in [2.45, 2.75) is 32.7 Å². The number of hydrogen-bond acceptors (Lipinski definition) is 4. The molecular formula is C23H23F2N3OS. The monoisotopic (exact) mass is 427 g/mol. The summed E-state index contributed by atoms with van der Waals surface area (Å²) < 4.78 is 28.0. The lowest BCUT2D eigenvalue weighted by atomic mass is 9.90. The summed E-state index contributed by atoms with van der Waals surface area (Å²) in [6.07, 6.45) is 2.79. The van der Waals surface area contributed by atoms with Crippen LogP contribution in [0.5, 0.6) is 0 Å². The predicted octanol–water partition coefficient (Wildman–Crippen LogP) is 5.12. The van der Waals surface area contributed by atoms with Crippen molar-refractivity contribution in [2.24, 2.45) is 11.3 Å². The van der Waals surface area contributed by atoms with Gasteiger partial charge in [0.1, 0.15) is 11.6 Å². The molecule has 1 amide bonds. The molecule has 1 aliphatic carbocycles. The number of rotatable bonds is 4. The molecule has 2 aromatic carbocycles. The van der Waals surface area contributed by atoms with Crippen molar-refractivity contribution in [3.8, 4) is 0 Å². The largest absolute Gasteiger partial charge is 0.326 e. The van der Waals surface area contributed by atoms with Crippen LogP contribution in [0.1, 0.15) is 29.8 Å². The Balaban J connectivity index is 1.17. The Labute approximate surface area is 177 Å². The third kappa shape index (κ3) is 3.84. The Morgan fingerprint density at radius 1 is 1.20 bits per heavy atom. The number of halogens is 2. The average Bonchev–Trinajstić information content (AvgIpc) is 3.26. The highest BCUT2D eigenvalue weighted by Crippen LogP contribution is 2.59. The molecule has 5 rings (SSSR count). The molecule has 1 atom stereocenters. The van der Waals surface area contributed by atoms with Crippen LogP contribution in [0.15, 0.2) is 36.4 Å². The van der Waals surface area contributed by atoms with Gasteiger partial charge in [-0.1, -0.05) is 0 Å². The van der Waals surface area contributed by atoms with Crippen LogP contribution < -0.4 is 5.32 Å². The van der Waals surface area contributed by atoms with Crippen LogP contribution in [0.3, 0.4) is 0 Å². The van der Waals surface area contributed by atoms with Crippen molar-refractivity contribution in [3.63, 3.8) is 0 Å². The third-order valence-corrected chi connectivity index (χ3v) is 7.40. The predicted molar refractivity (Wildman–Crippen MR) is 114 cm³/mol. The normalized spacial score (nSPS) is 20.6. The molecular weight excluding hydrogens is 404 g/mol. The van der Waals surface area contributed by atoms with Gasteiger partial charge in [0.05, 0.1) is 15.2 Å². The van der Waals surface area contributed by atoms with E-state index in [0.29, 0.717) is 12.1 Å². The van der Waals surface area contributed by atoms with Gasteiger partial charge < -0.3 is 5.32 Å². The zero-order valence-corrected chi connectivity index (χ0v) is 17.6. The summed E-state index contributed by atoms with van der Waals surface area (Å²) in [6, 6.07) is 9.56. The number of hydrogen-bond donors (Lipinski definition) is 1. The summed E-state index contributed by atoms with van der Waals surface area (Å²) in [7, 11) is 0. The maximum absolute atomic E-state index is 13.4. The number of thiazole rings is 1. The lowest BCUT2D eigenvalue weighted by Crippen LogP contribution is -2.35. The average molecular weight is 428 g/mol. The van der Waals surface area contributed by atoms with Crippen molar-refractivity contribution in [1.29, 1.82) is 0 Å². The summed E-state index contributed by atoms with van der Waals surface area (Å²) in [6.45, 7) is 4.20. The number of piperidine rings is 1. The maximum Gasteiger partial charge on any atom is 0.228 e. The minimum atomic E-state index is -0.539. The topological polar surface area (TPSA) is 45.2 Å². The van der Waals surface area contributed by atoms with E-state index in [4.69, 9.17) is 0 Å². The van der Waals surface area contributed by atoms with Crippen molar-refractivity contribution >= 4 is 33.1 Å². The number of aromatic nitrogens is 1. The van der Waals surface area contributed by atoms with Gasteiger partial charge in [-0.15, -0.1) is 11.3 Å². The summed E-state index contributed by atoms with van der Waals surface area (Å²) in [5.74, 6) is -0.951. The van der Waals surface area contributed by atoms with E-state index in [1.165, 1.54) is 12.1 Å². The number of fused-ring (bicyclic) bond motifs is 1. The van der Waals surface area contributed by atoms with E-state index in [-0.39, 0.29) is 17.2 Å². The van der Waals surface area contributed by atoms with Crippen molar-refractivity contribution < 1.29 is 13.6 Å². The van der Waals surface area contributed by atoms with E-state index in [1.54, 1.807) is 11.3 Å². The first kappa shape index (κ1) is 19.6. The quantitative estimate of drug-likeness (QED) is 0.628. The van der Waals surface area contributed by atoms with Gasteiger partial charge >= 0.3 is 0 Å². The minimum absolute atomic E-state index is 0.0409. The molecule has 0 unspecified atom stereocenters. The molecule has 2 heterocycles. The highest BCUT2D eigenvalue weighted by atomic mass is 32.1. The molecule has 30 heavy (non-hydrogen) atoms. The lowest BCUT2D eigenvalue weighted by molar-refractivity contribution is -0.118. The van der Waals surface area contributed by atoms with Crippen LogP contribution in [0.25, 0.3) is 10.2 Å². The third-order valence-electron chi connectivity index (χ3n) is 6.45. The number of anilines is 1. The first-order valence-corrected chi connectivity index (χ1v) is 11.1. The fraction of sp³-hybridized carbons (Fsp3) is 0.391. The van der Waals surface area contributed by atoms with Crippen LogP contribution in [-0.4, -0.2) is 28.9 Å². The van der Waals surface area contributed by atoms with Crippen LogP contribution in [-0.2, 0) is 11.3 Å². The molecule has 2 fully saturated rings. The smallest absolute Gasteiger partial charge is 0.228 e. The maximum atomic E-state index is 13.4. The Hall–Kier alpha value is -2.38. The van der Waals surface area contributed by atoms with Crippen LogP contribution >= 0.6 is 11.3 Å². The number of amides is 1. The second-order valence-corrected chi connectivity index (χ2v) is 9.81. The van der Waals surface area contributed by atoms with Gasteiger partial charge in [0.25, 0.3) is 0 Å². The molecule has 1 aliphatic heterocycles. The summed E-state index contributed by atoms with van der Waals surface area (Å²) in [5, 5.41) is 4.09. The lowest BCUT2D eigenvalue weighted by Gasteiger charge is -2.32. The fourth-order valence-corrected chi connectivity index (χ4v) is 5.55. The summed E-state index contributed by atoms with van der Waals surface area (Å²) in [4.78, 5) is 19.5. The number of nitrogens with one attached hydrogen (secondary N) is 1. The molecule has 3 aromatic rings. The van der Waals surface area contributed by atoms with Gasteiger partial charge in [0.2, 0.25) is 5.91 Å². The van der Waals surface area contributed by atoms with E-state index in [0.717, 1.165) is 59.3 Å². The molecule has 2 aliphatic rings. The number of aryl methyl sites for hydroxylation is 1. The Morgan fingerprint density at radius 3 is 2.67 bits per heavy atom. The van der Waals surface area contributed by atoms with E-state index in [2.05, 4.69) is 15.2 Å². The fourth-order valence-electron chi connectivity index (χ4n) is 4.74. The Bertz CT molecular complexity index is 1100. The van der Waals surface area contributed by atoms with Crippen molar-refractivity contribution in [2.75, 3.05) is 18.4 Å². The first-order valence-electron chi connectivity index (χ1n) is 10.3. The van der Waals surface area contributed by atoms with Gasteiger partial charge in [0, 0.05) is 24.2 Å². The molecule has 1 saturated heterocycles. The van der Waals surface area contributed by atoms with Crippen molar-refractivity contribution in [1.82, 2.24) is 9.88 Å². The molecule has 0 radical (unpaired) electrons. The molecule has 156 valence electrons. The molecule has 1 aromatic heterocycles. The minimum Gasteiger partial charge on any atom is -0.326 e. The number of benzene rings is 2. The number of carbonyl (C=O) groups excluding carboxylic acids is 1. The second-order valence-electron chi connectivity index (χ2n) is 8.58.